The molecule has 0 aromatic rings. The SMILES string of the molecule is CCOC(=O)C1(C(=O)OCC)[C@@H](C(C)C)CCN1C(C)O. The normalized spacial score (nSPS) is 23.1. The van der Waals surface area contributed by atoms with Crippen molar-refractivity contribution < 1.29 is 24.2 Å². The molecule has 6 nitrogen and oxygen atoms in total. The lowest BCUT2D eigenvalue weighted by atomic mass is 9.77. The van der Waals surface area contributed by atoms with Crippen LogP contribution in [0, 0.1) is 11.8 Å². The topological polar surface area (TPSA) is 76.1 Å². The van der Waals surface area contributed by atoms with Crippen molar-refractivity contribution in [2.75, 3.05) is 19.8 Å². The highest BCUT2D eigenvalue weighted by atomic mass is 16.6. The van der Waals surface area contributed by atoms with Gasteiger partial charge in [-0.05, 0) is 33.1 Å². The molecule has 0 aliphatic carbocycles. The highest BCUT2D eigenvalue weighted by molar-refractivity contribution is 6.06. The van der Waals surface area contributed by atoms with Crippen LogP contribution in [0.1, 0.15) is 41.0 Å². The van der Waals surface area contributed by atoms with Crippen molar-refractivity contribution in [2.45, 2.75) is 52.8 Å². The predicted molar refractivity (Wildman–Crippen MR) is 77.3 cm³/mol. The monoisotopic (exact) mass is 301 g/mol. The van der Waals surface area contributed by atoms with Gasteiger partial charge in [0.25, 0.3) is 0 Å². The van der Waals surface area contributed by atoms with E-state index in [4.69, 9.17) is 9.47 Å². The number of nitrogens with zero attached hydrogens (tertiary/aromatic N) is 1. The molecule has 1 saturated heterocycles. The van der Waals surface area contributed by atoms with E-state index in [2.05, 4.69) is 0 Å². The van der Waals surface area contributed by atoms with Crippen LogP contribution in [0.4, 0.5) is 0 Å². The highest BCUT2D eigenvalue weighted by Crippen LogP contribution is 2.42. The number of esters is 2. The Kier molecular flexibility index (Phi) is 6.16. The minimum absolute atomic E-state index is 0.0857. The van der Waals surface area contributed by atoms with Gasteiger partial charge in [-0.25, -0.2) is 9.59 Å². The van der Waals surface area contributed by atoms with Gasteiger partial charge in [-0.3, -0.25) is 4.90 Å². The number of aliphatic hydroxyl groups excluding tert-OH is 1. The van der Waals surface area contributed by atoms with Gasteiger partial charge in [0.05, 0.1) is 13.2 Å². The zero-order chi connectivity index (χ0) is 16.2. The average molecular weight is 301 g/mol. The van der Waals surface area contributed by atoms with Gasteiger partial charge in [0.1, 0.15) is 6.23 Å². The van der Waals surface area contributed by atoms with E-state index in [0.29, 0.717) is 13.0 Å². The second kappa shape index (κ2) is 7.22. The number of carbonyl (C=O) groups excluding carboxylic acids is 2. The lowest BCUT2D eigenvalue weighted by Gasteiger charge is -2.40. The fourth-order valence-electron chi connectivity index (χ4n) is 3.28. The Balaban J connectivity index is 3.37. The quantitative estimate of drug-likeness (QED) is 0.586. The van der Waals surface area contributed by atoms with Crippen LogP contribution >= 0.6 is 0 Å². The van der Waals surface area contributed by atoms with Crippen LogP contribution in [-0.2, 0) is 19.1 Å². The lowest BCUT2D eigenvalue weighted by Crippen LogP contribution is -2.64. The molecule has 0 saturated carbocycles. The van der Waals surface area contributed by atoms with Crippen LogP contribution in [0.25, 0.3) is 0 Å². The molecule has 1 aliphatic rings. The minimum Gasteiger partial charge on any atom is -0.464 e. The lowest BCUT2D eigenvalue weighted by molar-refractivity contribution is -0.185. The summed E-state index contributed by atoms with van der Waals surface area (Å²) in [7, 11) is 0. The summed E-state index contributed by atoms with van der Waals surface area (Å²) >= 11 is 0. The first-order valence-corrected chi connectivity index (χ1v) is 7.63. The van der Waals surface area contributed by atoms with Crippen LogP contribution < -0.4 is 0 Å². The van der Waals surface area contributed by atoms with E-state index >= 15 is 0 Å². The van der Waals surface area contributed by atoms with Crippen molar-refractivity contribution >= 4 is 11.9 Å². The van der Waals surface area contributed by atoms with Crippen molar-refractivity contribution in [3.63, 3.8) is 0 Å². The first-order valence-electron chi connectivity index (χ1n) is 7.63. The van der Waals surface area contributed by atoms with Gasteiger partial charge in [-0.15, -0.1) is 0 Å². The summed E-state index contributed by atoms with van der Waals surface area (Å²) < 4.78 is 10.3. The smallest absolute Gasteiger partial charge is 0.338 e. The number of carbonyl (C=O) groups is 2. The maximum Gasteiger partial charge on any atom is 0.338 e. The van der Waals surface area contributed by atoms with Crippen molar-refractivity contribution in [2.24, 2.45) is 11.8 Å². The number of rotatable bonds is 6. The molecule has 21 heavy (non-hydrogen) atoms. The predicted octanol–water partition coefficient (Wildman–Crippen LogP) is 1.17. The van der Waals surface area contributed by atoms with Crippen LogP contribution in [0.3, 0.4) is 0 Å². The fourth-order valence-corrected chi connectivity index (χ4v) is 3.28. The standard InChI is InChI=1S/C15H27NO5/c1-6-20-13(18)15(14(19)21-7-2)12(10(3)4)8-9-16(15)11(5)17/h10-12,17H,6-9H2,1-5H3/t11?,12-/m1/s1. The molecule has 122 valence electrons. The molecule has 1 fully saturated rings. The largest absolute Gasteiger partial charge is 0.464 e. The minimum atomic E-state index is -1.55. The zero-order valence-electron chi connectivity index (χ0n) is 13.6. The van der Waals surface area contributed by atoms with Gasteiger partial charge < -0.3 is 14.6 Å². The van der Waals surface area contributed by atoms with E-state index in [1.807, 2.05) is 13.8 Å². The second-order valence-electron chi connectivity index (χ2n) is 5.67. The summed E-state index contributed by atoms with van der Waals surface area (Å²) in [6.45, 7) is 9.68. The third kappa shape index (κ3) is 3.06. The summed E-state index contributed by atoms with van der Waals surface area (Å²) in [6.07, 6.45) is -0.289. The third-order valence-corrected chi connectivity index (χ3v) is 4.10. The van der Waals surface area contributed by atoms with E-state index in [-0.39, 0.29) is 25.0 Å². The van der Waals surface area contributed by atoms with Crippen molar-refractivity contribution in [1.29, 1.82) is 0 Å². The Morgan fingerprint density at radius 1 is 1.19 bits per heavy atom. The maximum atomic E-state index is 12.6. The number of aliphatic hydroxyl groups is 1. The Hall–Kier alpha value is -1.14. The molecule has 6 heteroatoms. The molecule has 0 aromatic heterocycles. The van der Waals surface area contributed by atoms with Gasteiger partial charge in [0, 0.05) is 12.5 Å². The molecule has 1 rings (SSSR count). The molecule has 0 spiro atoms. The van der Waals surface area contributed by atoms with Gasteiger partial charge in [0.2, 0.25) is 5.54 Å². The maximum absolute atomic E-state index is 12.6. The molecule has 0 bridgehead atoms. The van der Waals surface area contributed by atoms with Crippen LogP contribution in [0.15, 0.2) is 0 Å². The van der Waals surface area contributed by atoms with Crippen LogP contribution in [0.2, 0.25) is 0 Å². The van der Waals surface area contributed by atoms with Crippen LogP contribution in [-0.4, -0.2) is 53.5 Å². The van der Waals surface area contributed by atoms with E-state index in [9.17, 15) is 14.7 Å². The molecule has 0 aromatic carbocycles. The summed E-state index contributed by atoms with van der Waals surface area (Å²) in [5.41, 5.74) is -1.55. The number of hydrogen-bond donors (Lipinski definition) is 1. The van der Waals surface area contributed by atoms with E-state index in [1.54, 1.807) is 20.8 Å². The molecule has 2 atom stereocenters. The Morgan fingerprint density at radius 3 is 2.00 bits per heavy atom. The zero-order valence-corrected chi connectivity index (χ0v) is 13.6. The third-order valence-electron chi connectivity index (χ3n) is 4.10. The fraction of sp³-hybridized carbons (Fsp3) is 0.867. The van der Waals surface area contributed by atoms with Crippen molar-refractivity contribution in [3.05, 3.63) is 0 Å². The summed E-state index contributed by atoms with van der Waals surface area (Å²) in [5.74, 6) is -1.41. The Labute approximate surface area is 126 Å². The second-order valence-corrected chi connectivity index (χ2v) is 5.67. The number of likely N-dealkylation sites (tertiary alicyclic amines) is 1. The van der Waals surface area contributed by atoms with Crippen LogP contribution in [0.5, 0.6) is 0 Å². The first kappa shape index (κ1) is 17.9. The van der Waals surface area contributed by atoms with E-state index < -0.39 is 23.7 Å². The van der Waals surface area contributed by atoms with Gasteiger partial charge in [0.15, 0.2) is 0 Å². The number of ether oxygens (including phenoxy) is 2. The average Bonchev–Trinajstić information content (AvgIpc) is 2.80. The summed E-state index contributed by atoms with van der Waals surface area (Å²) in [5, 5.41) is 10.0. The summed E-state index contributed by atoms with van der Waals surface area (Å²) in [6, 6.07) is 0. The Morgan fingerprint density at radius 2 is 1.67 bits per heavy atom. The van der Waals surface area contributed by atoms with Gasteiger partial charge in [-0.1, -0.05) is 13.8 Å². The molecule has 1 heterocycles. The molecular formula is C15H27NO5. The molecule has 1 N–H and O–H groups in total. The van der Waals surface area contributed by atoms with Gasteiger partial charge >= 0.3 is 11.9 Å². The molecule has 1 unspecified atom stereocenters. The van der Waals surface area contributed by atoms with E-state index in [0.717, 1.165) is 0 Å². The van der Waals surface area contributed by atoms with E-state index in [1.165, 1.54) is 4.90 Å². The Bertz CT molecular complexity index is 344. The van der Waals surface area contributed by atoms with Gasteiger partial charge in [-0.2, -0.15) is 0 Å². The first-order chi connectivity index (χ1) is 9.83. The molecule has 0 radical (unpaired) electrons. The highest BCUT2D eigenvalue weighted by Gasteiger charge is 2.64. The van der Waals surface area contributed by atoms with Crippen molar-refractivity contribution in [1.82, 2.24) is 4.90 Å². The number of hydrogen-bond acceptors (Lipinski definition) is 6. The summed E-state index contributed by atoms with van der Waals surface area (Å²) in [4.78, 5) is 26.8. The molecule has 0 amide bonds. The molecular weight excluding hydrogens is 274 g/mol. The molecule has 1 aliphatic heterocycles. The van der Waals surface area contributed by atoms with Crippen molar-refractivity contribution in [3.8, 4) is 0 Å².